The molecule has 0 heterocycles. The molecule has 92 valence electrons. The third-order valence-corrected chi connectivity index (χ3v) is 3.43. The molecule has 1 rings (SSSR count). The van der Waals surface area contributed by atoms with Gasteiger partial charge in [-0.15, -0.1) is 0 Å². The monoisotopic (exact) mass is 228 g/mol. The summed E-state index contributed by atoms with van der Waals surface area (Å²) in [6.07, 6.45) is 4.30. The fourth-order valence-corrected chi connectivity index (χ4v) is 2.09. The fourth-order valence-electron chi connectivity index (χ4n) is 2.09. The van der Waals surface area contributed by atoms with E-state index >= 15 is 0 Å². The summed E-state index contributed by atoms with van der Waals surface area (Å²) < 4.78 is 0. The van der Waals surface area contributed by atoms with Crippen LogP contribution in [0.25, 0.3) is 0 Å². The Balaban J connectivity index is 2.72. The summed E-state index contributed by atoms with van der Waals surface area (Å²) in [7, 11) is 1.50. The van der Waals surface area contributed by atoms with Crippen molar-refractivity contribution in [1.82, 2.24) is 4.90 Å². The largest absolute Gasteiger partial charge is 0.480 e. The van der Waals surface area contributed by atoms with Crippen molar-refractivity contribution in [3.8, 4) is 0 Å². The third-order valence-electron chi connectivity index (χ3n) is 3.43. The highest BCUT2D eigenvalue weighted by atomic mass is 16.4. The van der Waals surface area contributed by atoms with Gasteiger partial charge in [0.25, 0.3) is 0 Å². The minimum Gasteiger partial charge on any atom is -0.480 e. The van der Waals surface area contributed by atoms with Crippen LogP contribution in [0, 0.1) is 0 Å². The number of nitrogens with zero attached hydrogens (tertiary/aromatic N) is 1. The van der Waals surface area contributed by atoms with Crippen molar-refractivity contribution in [1.29, 1.82) is 0 Å². The molecule has 1 fully saturated rings. The number of amides is 1. The average Bonchev–Trinajstić information content (AvgIpc) is 2.27. The van der Waals surface area contributed by atoms with Crippen LogP contribution in [0.5, 0.6) is 0 Å². The van der Waals surface area contributed by atoms with Crippen LogP contribution in [-0.2, 0) is 9.59 Å². The van der Waals surface area contributed by atoms with Crippen LogP contribution >= 0.6 is 0 Å². The summed E-state index contributed by atoms with van der Waals surface area (Å²) in [5.74, 6) is -1.25. The van der Waals surface area contributed by atoms with Gasteiger partial charge in [0.2, 0.25) is 5.91 Å². The van der Waals surface area contributed by atoms with Gasteiger partial charge in [0.05, 0.1) is 5.54 Å². The number of carboxylic acids is 1. The van der Waals surface area contributed by atoms with E-state index in [9.17, 15) is 9.59 Å². The summed E-state index contributed by atoms with van der Waals surface area (Å²) in [4.78, 5) is 24.1. The van der Waals surface area contributed by atoms with Gasteiger partial charge in [-0.1, -0.05) is 19.3 Å². The Labute approximate surface area is 95.6 Å². The number of hydrogen-bond acceptors (Lipinski definition) is 3. The summed E-state index contributed by atoms with van der Waals surface area (Å²) in [5.41, 5.74) is 5.21. The van der Waals surface area contributed by atoms with Crippen LogP contribution in [0.4, 0.5) is 0 Å². The first-order valence-corrected chi connectivity index (χ1v) is 5.67. The first kappa shape index (κ1) is 13.0. The highest BCUT2D eigenvalue weighted by molar-refractivity contribution is 5.89. The normalized spacial score (nSPS) is 21.2. The minimum absolute atomic E-state index is 0.248. The van der Waals surface area contributed by atoms with E-state index in [0.29, 0.717) is 12.8 Å². The molecule has 0 aromatic rings. The Morgan fingerprint density at radius 3 is 2.25 bits per heavy atom. The summed E-state index contributed by atoms with van der Waals surface area (Å²) in [6, 6.07) is -0.824. The van der Waals surface area contributed by atoms with Gasteiger partial charge in [-0.3, -0.25) is 4.79 Å². The summed E-state index contributed by atoms with van der Waals surface area (Å²) in [5, 5.41) is 8.85. The van der Waals surface area contributed by atoms with Crippen molar-refractivity contribution < 1.29 is 14.7 Å². The Morgan fingerprint density at radius 1 is 1.31 bits per heavy atom. The first-order valence-electron chi connectivity index (χ1n) is 5.67. The summed E-state index contributed by atoms with van der Waals surface area (Å²) >= 11 is 0. The SMILES string of the molecule is CC(C(=O)O)N(C)C(=O)C1(N)CCCCC1. The fraction of sp³-hybridized carbons (Fsp3) is 0.818. The second kappa shape index (κ2) is 4.82. The molecule has 0 saturated heterocycles. The number of likely N-dealkylation sites (N-methyl/N-ethyl adjacent to an activating group) is 1. The van der Waals surface area contributed by atoms with Gasteiger partial charge in [0, 0.05) is 7.05 Å². The lowest BCUT2D eigenvalue weighted by Crippen LogP contribution is -2.58. The summed E-state index contributed by atoms with van der Waals surface area (Å²) in [6.45, 7) is 1.49. The van der Waals surface area contributed by atoms with E-state index in [1.54, 1.807) is 0 Å². The van der Waals surface area contributed by atoms with Crippen molar-refractivity contribution in [2.24, 2.45) is 5.73 Å². The standard InChI is InChI=1S/C11H20N2O3/c1-8(9(14)15)13(2)10(16)11(12)6-4-3-5-7-11/h8H,3-7,12H2,1-2H3,(H,14,15). The van der Waals surface area contributed by atoms with Gasteiger partial charge >= 0.3 is 5.97 Å². The van der Waals surface area contributed by atoms with Gasteiger partial charge in [0.15, 0.2) is 0 Å². The Bertz CT molecular complexity index is 285. The van der Waals surface area contributed by atoms with Gasteiger partial charge < -0.3 is 15.7 Å². The molecule has 16 heavy (non-hydrogen) atoms. The molecule has 5 nitrogen and oxygen atoms in total. The first-order chi connectivity index (χ1) is 7.38. The number of aliphatic carboxylic acids is 1. The lowest BCUT2D eigenvalue weighted by molar-refractivity contribution is -0.151. The number of carbonyl (C=O) groups excluding carboxylic acids is 1. The molecule has 1 amide bonds. The number of nitrogens with two attached hydrogens (primary N) is 1. The molecule has 1 aliphatic rings. The quantitative estimate of drug-likeness (QED) is 0.740. The van der Waals surface area contributed by atoms with Crippen LogP contribution in [0.3, 0.4) is 0 Å². The average molecular weight is 228 g/mol. The van der Waals surface area contributed by atoms with Gasteiger partial charge in [-0.2, -0.15) is 0 Å². The van der Waals surface area contributed by atoms with Crippen molar-refractivity contribution in [3.63, 3.8) is 0 Å². The molecule has 0 spiro atoms. The lowest BCUT2D eigenvalue weighted by Gasteiger charge is -2.36. The predicted molar refractivity (Wildman–Crippen MR) is 59.9 cm³/mol. The molecule has 3 N–H and O–H groups in total. The van der Waals surface area contributed by atoms with E-state index < -0.39 is 17.6 Å². The van der Waals surface area contributed by atoms with Crippen molar-refractivity contribution >= 4 is 11.9 Å². The van der Waals surface area contributed by atoms with E-state index in [4.69, 9.17) is 10.8 Å². The third kappa shape index (κ3) is 2.52. The highest BCUT2D eigenvalue weighted by Gasteiger charge is 2.39. The Kier molecular flexibility index (Phi) is 3.91. The van der Waals surface area contributed by atoms with Gasteiger partial charge in [0.1, 0.15) is 6.04 Å². The zero-order valence-corrected chi connectivity index (χ0v) is 9.90. The number of rotatable bonds is 3. The zero-order chi connectivity index (χ0) is 12.3. The van der Waals surface area contributed by atoms with Crippen molar-refractivity contribution in [2.45, 2.75) is 50.6 Å². The van der Waals surface area contributed by atoms with Gasteiger partial charge in [-0.25, -0.2) is 4.79 Å². The van der Waals surface area contributed by atoms with E-state index in [1.165, 1.54) is 18.9 Å². The number of carbonyl (C=O) groups is 2. The van der Waals surface area contributed by atoms with Gasteiger partial charge in [-0.05, 0) is 19.8 Å². The molecule has 1 atom stereocenters. The molecular weight excluding hydrogens is 208 g/mol. The highest BCUT2D eigenvalue weighted by Crippen LogP contribution is 2.27. The van der Waals surface area contributed by atoms with Crippen LogP contribution < -0.4 is 5.73 Å². The Hall–Kier alpha value is -1.10. The second-order valence-corrected chi connectivity index (χ2v) is 4.65. The molecule has 1 unspecified atom stereocenters. The molecule has 0 radical (unpaired) electrons. The number of carboxylic acid groups (broad SMARTS) is 1. The maximum absolute atomic E-state index is 12.1. The van der Waals surface area contributed by atoms with E-state index in [-0.39, 0.29) is 5.91 Å². The van der Waals surface area contributed by atoms with Crippen molar-refractivity contribution in [3.05, 3.63) is 0 Å². The van der Waals surface area contributed by atoms with E-state index in [1.807, 2.05) is 0 Å². The molecule has 0 aliphatic heterocycles. The maximum Gasteiger partial charge on any atom is 0.326 e. The molecule has 0 bridgehead atoms. The minimum atomic E-state index is -1.00. The van der Waals surface area contributed by atoms with Crippen LogP contribution in [0.1, 0.15) is 39.0 Å². The topological polar surface area (TPSA) is 83.6 Å². The van der Waals surface area contributed by atoms with Crippen LogP contribution in [-0.4, -0.2) is 40.5 Å². The lowest BCUT2D eigenvalue weighted by atomic mass is 9.81. The Morgan fingerprint density at radius 2 is 1.81 bits per heavy atom. The molecule has 1 aliphatic carbocycles. The number of hydrogen-bond donors (Lipinski definition) is 2. The van der Waals surface area contributed by atoms with E-state index in [2.05, 4.69) is 0 Å². The second-order valence-electron chi connectivity index (χ2n) is 4.65. The zero-order valence-electron chi connectivity index (χ0n) is 9.90. The molecule has 0 aromatic heterocycles. The molecular formula is C11H20N2O3. The molecule has 1 saturated carbocycles. The molecule has 5 heteroatoms. The predicted octanol–water partition coefficient (Wildman–Crippen LogP) is 0.579. The maximum atomic E-state index is 12.1. The smallest absolute Gasteiger partial charge is 0.326 e. The van der Waals surface area contributed by atoms with Crippen molar-refractivity contribution in [2.75, 3.05) is 7.05 Å². The molecule has 0 aromatic carbocycles. The van der Waals surface area contributed by atoms with E-state index in [0.717, 1.165) is 19.3 Å². The van der Waals surface area contributed by atoms with Crippen LogP contribution in [0.2, 0.25) is 0 Å². The van der Waals surface area contributed by atoms with Crippen LogP contribution in [0.15, 0.2) is 0 Å².